The lowest BCUT2D eigenvalue weighted by Crippen LogP contribution is -2.36. The minimum Gasteiger partial charge on any atom is -0.382 e. The smallest absolute Gasteiger partial charge is 0.228 e. The zero-order chi connectivity index (χ0) is 22.5. The Balaban J connectivity index is 1.38. The number of hydrogen-bond acceptors (Lipinski definition) is 9. The van der Waals surface area contributed by atoms with E-state index < -0.39 is 0 Å². The van der Waals surface area contributed by atoms with Gasteiger partial charge in [-0.2, -0.15) is 0 Å². The van der Waals surface area contributed by atoms with Crippen molar-refractivity contribution in [3.05, 3.63) is 30.6 Å². The van der Waals surface area contributed by atoms with Crippen LogP contribution in [0.15, 0.2) is 30.6 Å². The Kier molecular flexibility index (Phi) is 4.57. The van der Waals surface area contributed by atoms with Crippen molar-refractivity contribution in [1.82, 2.24) is 29.8 Å². The van der Waals surface area contributed by atoms with Gasteiger partial charge in [-0.3, -0.25) is 4.79 Å². The number of pyridine rings is 2. The lowest BCUT2D eigenvalue weighted by molar-refractivity contribution is -0.117. The summed E-state index contributed by atoms with van der Waals surface area (Å²) in [6.07, 6.45) is 4.49. The number of carbonyl (C=O) groups is 1. The number of aromatic nitrogens is 6. The largest absolute Gasteiger partial charge is 0.382 e. The second-order valence-corrected chi connectivity index (χ2v) is 8.58. The van der Waals surface area contributed by atoms with Crippen LogP contribution >= 0.6 is 0 Å². The predicted molar refractivity (Wildman–Crippen MR) is 123 cm³/mol. The van der Waals surface area contributed by atoms with E-state index in [0.29, 0.717) is 52.9 Å². The normalized spacial score (nSPS) is 20.3. The van der Waals surface area contributed by atoms with Crippen molar-refractivity contribution < 1.29 is 9.53 Å². The Labute approximate surface area is 189 Å². The average molecular weight is 445 g/mol. The third kappa shape index (κ3) is 3.59. The van der Waals surface area contributed by atoms with Crippen LogP contribution in [0, 0.1) is 11.8 Å². The maximum atomic E-state index is 12.4. The van der Waals surface area contributed by atoms with Crippen LogP contribution in [0.3, 0.4) is 0 Å². The third-order valence-electron chi connectivity index (χ3n) is 6.29. The first-order valence-electron chi connectivity index (χ1n) is 11.0. The van der Waals surface area contributed by atoms with Crippen LogP contribution in [0.25, 0.3) is 27.9 Å². The number of nitrogens with two attached hydrogens (primary N) is 1. The van der Waals surface area contributed by atoms with Crippen molar-refractivity contribution >= 4 is 39.8 Å². The molecule has 0 bridgehead atoms. The average Bonchev–Trinajstić information content (AvgIpc) is 3.42. The number of rotatable bonds is 4. The highest BCUT2D eigenvalue weighted by molar-refractivity contribution is 6.00. The first-order chi connectivity index (χ1) is 16.1. The number of ether oxygens (including phenoxy) is 1. The van der Waals surface area contributed by atoms with Gasteiger partial charge in [0.05, 0.1) is 25.1 Å². The van der Waals surface area contributed by atoms with E-state index in [0.717, 1.165) is 25.2 Å². The van der Waals surface area contributed by atoms with Crippen LogP contribution in [0.5, 0.6) is 0 Å². The highest BCUT2D eigenvalue weighted by Gasteiger charge is 2.39. The lowest BCUT2D eigenvalue weighted by atomic mass is 10.1. The van der Waals surface area contributed by atoms with Crippen molar-refractivity contribution in [2.45, 2.75) is 13.3 Å². The Bertz CT molecular complexity index is 1380. The molecule has 0 radical (unpaired) electrons. The molecule has 0 aromatic carbocycles. The molecular weight excluding hydrogens is 422 g/mol. The highest BCUT2D eigenvalue weighted by Crippen LogP contribution is 2.38. The van der Waals surface area contributed by atoms with Crippen molar-refractivity contribution in [1.29, 1.82) is 0 Å². The van der Waals surface area contributed by atoms with Gasteiger partial charge in [-0.05, 0) is 30.5 Å². The summed E-state index contributed by atoms with van der Waals surface area (Å²) >= 11 is 0. The molecule has 1 aliphatic heterocycles. The standard InChI is InChI=1S/C22H23N9O2/c1-12-8-14(12)22(32)25-17-9-15-16(10-24-20(23)19(15)28-27-17)21-26-18-3-2-13(11-31(18)29-21)30-4-6-33-7-5-30/h2-3,9-12,14H,4-8H2,1H3,(H2,23,24)(H,25,27,32)/t12-,14+/m1/s1. The van der Waals surface area contributed by atoms with E-state index in [1.165, 1.54) is 0 Å². The van der Waals surface area contributed by atoms with Gasteiger partial charge in [0.1, 0.15) is 5.52 Å². The van der Waals surface area contributed by atoms with E-state index in [1.807, 2.05) is 18.3 Å². The van der Waals surface area contributed by atoms with E-state index >= 15 is 0 Å². The van der Waals surface area contributed by atoms with E-state index in [-0.39, 0.29) is 17.6 Å². The molecule has 168 valence electrons. The maximum Gasteiger partial charge on any atom is 0.228 e. The molecule has 33 heavy (non-hydrogen) atoms. The Hall–Kier alpha value is -3.86. The zero-order valence-electron chi connectivity index (χ0n) is 18.1. The minimum atomic E-state index is -0.0405. The molecule has 4 aromatic heterocycles. The van der Waals surface area contributed by atoms with Gasteiger partial charge < -0.3 is 20.7 Å². The fourth-order valence-electron chi connectivity index (χ4n) is 4.19. The van der Waals surface area contributed by atoms with E-state index in [2.05, 4.69) is 42.4 Å². The van der Waals surface area contributed by atoms with Crippen molar-refractivity contribution in [2.24, 2.45) is 11.8 Å². The van der Waals surface area contributed by atoms with Gasteiger partial charge in [0.25, 0.3) is 0 Å². The quantitative estimate of drug-likeness (QED) is 0.481. The fourth-order valence-corrected chi connectivity index (χ4v) is 4.19. The number of amides is 1. The summed E-state index contributed by atoms with van der Waals surface area (Å²) in [6, 6.07) is 5.73. The van der Waals surface area contributed by atoms with Crippen molar-refractivity contribution in [3.8, 4) is 11.4 Å². The number of nitrogens with zero attached hydrogens (tertiary/aromatic N) is 7. The van der Waals surface area contributed by atoms with Gasteiger partial charge in [-0.15, -0.1) is 15.3 Å². The number of anilines is 3. The second-order valence-electron chi connectivity index (χ2n) is 8.58. The molecule has 1 amide bonds. The summed E-state index contributed by atoms with van der Waals surface area (Å²) < 4.78 is 7.20. The molecule has 2 aliphatic rings. The molecule has 2 fully saturated rings. The van der Waals surface area contributed by atoms with Crippen molar-refractivity contribution in [2.75, 3.05) is 42.3 Å². The Morgan fingerprint density at radius 2 is 2.06 bits per heavy atom. The van der Waals surface area contributed by atoms with Gasteiger partial charge in [-0.1, -0.05) is 6.92 Å². The third-order valence-corrected chi connectivity index (χ3v) is 6.29. The maximum absolute atomic E-state index is 12.4. The number of hydrogen-bond donors (Lipinski definition) is 2. The number of fused-ring (bicyclic) bond motifs is 2. The van der Waals surface area contributed by atoms with Crippen LogP contribution in [0.1, 0.15) is 13.3 Å². The Morgan fingerprint density at radius 1 is 1.24 bits per heavy atom. The van der Waals surface area contributed by atoms with Crippen molar-refractivity contribution in [3.63, 3.8) is 0 Å². The summed E-state index contributed by atoms with van der Waals surface area (Å²) in [6.45, 7) is 5.16. The van der Waals surface area contributed by atoms with Crippen LogP contribution in [0.2, 0.25) is 0 Å². The first-order valence-corrected chi connectivity index (χ1v) is 11.0. The minimum absolute atomic E-state index is 0.0326. The van der Waals surface area contributed by atoms with E-state index in [1.54, 1.807) is 16.8 Å². The van der Waals surface area contributed by atoms with Crippen LogP contribution < -0.4 is 16.0 Å². The second kappa shape index (κ2) is 7.62. The molecule has 5 heterocycles. The summed E-state index contributed by atoms with van der Waals surface area (Å²) in [7, 11) is 0. The van der Waals surface area contributed by atoms with Crippen LogP contribution in [-0.2, 0) is 9.53 Å². The molecule has 1 saturated carbocycles. The molecule has 11 heteroatoms. The molecule has 1 aliphatic carbocycles. The summed E-state index contributed by atoms with van der Waals surface area (Å²) in [5, 5.41) is 16.6. The molecule has 3 N–H and O–H groups in total. The van der Waals surface area contributed by atoms with Gasteiger partial charge in [0, 0.05) is 36.2 Å². The van der Waals surface area contributed by atoms with E-state index in [9.17, 15) is 4.79 Å². The van der Waals surface area contributed by atoms with E-state index in [4.69, 9.17) is 10.5 Å². The first kappa shape index (κ1) is 19.8. The zero-order valence-corrected chi connectivity index (χ0v) is 18.1. The molecular formula is C22H23N9O2. The lowest BCUT2D eigenvalue weighted by Gasteiger charge is -2.28. The summed E-state index contributed by atoms with van der Waals surface area (Å²) in [4.78, 5) is 23.6. The molecule has 4 aromatic rings. The number of morpholine rings is 1. The van der Waals surface area contributed by atoms with Gasteiger partial charge >= 0.3 is 0 Å². The Morgan fingerprint density at radius 3 is 2.85 bits per heavy atom. The molecule has 1 saturated heterocycles. The number of nitrogens with one attached hydrogen (secondary N) is 1. The predicted octanol–water partition coefficient (Wildman–Crippen LogP) is 1.75. The van der Waals surface area contributed by atoms with Crippen LogP contribution in [0.4, 0.5) is 17.3 Å². The SMILES string of the molecule is C[C@@H]1C[C@@H]1C(=O)Nc1cc2c(-c3nc4ccc(N5CCOCC5)cn4n3)cnc(N)c2nn1. The highest BCUT2D eigenvalue weighted by atomic mass is 16.5. The summed E-state index contributed by atoms with van der Waals surface area (Å²) in [5.74, 6) is 1.52. The van der Waals surface area contributed by atoms with Gasteiger partial charge in [0.2, 0.25) is 5.91 Å². The molecule has 6 rings (SSSR count). The fraction of sp³-hybridized carbons (Fsp3) is 0.364. The number of nitrogen functional groups attached to an aromatic ring is 1. The van der Waals surface area contributed by atoms with Crippen LogP contribution in [-0.4, -0.2) is 62.0 Å². The molecule has 11 nitrogen and oxygen atoms in total. The number of carbonyl (C=O) groups excluding carboxylic acids is 1. The van der Waals surface area contributed by atoms with Gasteiger partial charge in [-0.25, -0.2) is 14.5 Å². The molecule has 0 spiro atoms. The molecule has 0 unspecified atom stereocenters. The van der Waals surface area contributed by atoms with Gasteiger partial charge in [0.15, 0.2) is 23.1 Å². The molecule has 2 atom stereocenters. The monoisotopic (exact) mass is 445 g/mol. The summed E-state index contributed by atoms with van der Waals surface area (Å²) in [5.41, 5.74) is 8.93. The topological polar surface area (TPSA) is 136 Å².